The van der Waals surface area contributed by atoms with Crippen LogP contribution in [-0.2, 0) is 4.79 Å². The SMILES string of the molecule is Cc1ccc(C=NN2C(=O)NC(c3ccc(C)cc3)C2=O)cc1. The van der Waals surface area contributed by atoms with E-state index in [1.165, 1.54) is 6.21 Å². The molecule has 1 unspecified atom stereocenters. The summed E-state index contributed by atoms with van der Waals surface area (Å²) < 4.78 is 0. The van der Waals surface area contributed by atoms with Crippen LogP contribution in [0.2, 0.25) is 0 Å². The minimum Gasteiger partial charge on any atom is -0.320 e. The van der Waals surface area contributed by atoms with E-state index in [0.29, 0.717) is 0 Å². The van der Waals surface area contributed by atoms with E-state index in [4.69, 9.17) is 0 Å². The maximum Gasteiger partial charge on any atom is 0.346 e. The maximum atomic E-state index is 12.4. The molecule has 1 fully saturated rings. The Morgan fingerprint density at radius 3 is 2.13 bits per heavy atom. The first-order valence-electron chi connectivity index (χ1n) is 7.36. The van der Waals surface area contributed by atoms with Crippen LogP contribution in [0.3, 0.4) is 0 Å². The molecule has 0 spiro atoms. The van der Waals surface area contributed by atoms with E-state index in [1.807, 2.05) is 62.4 Å². The van der Waals surface area contributed by atoms with Gasteiger partial charge in [-0.2, -0.15) is 5.10 Å². The van der Waals surface area contributed by atoms with Gasteiger partial charge < -0.3 is 5.32 Å². The van der Waals surface area contributed by atoms with Crippen molar-refractivity contribution in [1.82, 2.24) is 10.3 Å². The highest BCUT2D eigenvalue weighted by atomic mass is 16.2. The number of urea groups is 1. The Hall–Kier alpha value is -2.95. The van der Waals surface area contributed by atoms with Crippen LogP contribution in [-0.4, -0.2) is 23.2 Å². The monoisotopic (exact) mass is 307 g/mol. The molecule has 1 heterocycles. The fraction of sp³-hybridized carbons (Fsp3) is 0.167. The zero-order chi connectivity index (χ0) is 16.4. The Morgan fingerprint density at radius 2 is 1.52 bits per heavy atom. The summed E-state index contributed by atoms with van der Waals surface area (Å²) in [5.74, 6) is -0.373. The largest absolute Gasteiger partial charge is 0.346 e. The molecule has 1 atom stereocenters. The normalized spacial score (nSPS) is 17.8. The lowest BCUT2D eigenvalue weighted by Gasteiger charge is -2.08. The van der Waals surface area contributed by atoms with Crippen molar-refractivity contribution in [3.63, 3.8) is 0 Å². The van der Waals surface area contributed by atoms with Gasteiger partial charge in [-0.05, 0) is 25.0 Å². The van der Waals surface area contributed by atoms with Crippen LogP contribution in [0, 0.1) is 13.8 Å². The number of nitrogens with zero attached hydrogens (tertiary/aromatic N) is 2. The summed E-state index contributed by atoms with van der Waals surface area (Å²) in [5, 5.41) is 7.56. The molecule has 1 aliphatic rings. The molecule has 5 nitrogen and oxygen atoms in total. The van der Waals surface area contributed by atoms with Gasteiger partial charge in [0.05, 0.1) is 6.21 Å². The Labute approximate surface area is 134 Å². The first-order chi connectivity index (χ1) is 11.0. The van der Waals surface area contributed by atoms with E-state index in [0.717, 1.165) is 27.3 Å². The third kappa shape index (κ3) is 3.13. The number of nitrogens with one attached hydrogen (secondary N) is 1. The van der Waals surface area contributed by atoms with Gasteiger partial charge in [-0.25, -0.2) is 4.79 Å². The molecule has 1 aliphatic heterocycles. The number of hydrogen-bond acceptors (Lipinski definition) is 3. The Morgan fingerprint density at radius 1 is 0.957 bits per heavy atom. The molecule has 3 amide bonds. The van der Waals surface area contributed by atoms with E-state index >= 15 is 0 Å². The van der Waals surface area contributed by atoms with Crippen LogP contribution in [0.5, 0.6) is 0 Å². The third-order valence-electron chi connectivity index (χ3n) is 3.73. The van der Waals surface area contributed by atoms with Gasteiger partial charge >= 0.3 is 6.03 Å². The second-order valence-electron chi connectivity index (χ2n) is 5.60. The standard InChI is InChI=1S/C18H17N3O2/c1-12-3-7-14(8-4-12)11-19-21-17(22)16(20-18(21)23)15-9-5-13(2)6-10-15/h3-11,16H,1-2H3,(H,20,23). The quantitative estimate of drug-likeness (QED) is 0.700. The van der Waals surface area contributed by atoms with Crippen molar-refractivity contribution < 1.29 is 9.59 Å². The fourth-order valence-corrected chi connectivity index (χ4v) is 2.34. The molecule has 23 heavy (non-hydrogen) atoms. The number of benzene rings is 2. The molecule has 5 heteroatoms. The highest BCUT2D eigenvalue weighted by Crippen LogP contribution is 2.22. The minimum absolute atomic E-state index is 0.373. The average Bonchev–Trinajstić information content (AvgIpc) is 2.82. The Balaban J connectivity index is 1.78. The topological polar surface area (TPSA) is 61.8 Å². The summed E-state index contributed by atoms with van der Waals surface area (Å²) >= 11 is 0. The lowest BCUT2D eigenvalue weighted by Crippen LogP contribution is -2.25. The van der Waals surface area contributed by atoms with Gasteiger partial charge in [0.25, 0.3) is 5.91 Å². The minimum atomic E-state index is -0.682. The van der Waals surface area contributed by atoms with Gasteiger partial charge in [-0.3, -0.25) is 4.79 Å². The summed E-state index contributed by atoms with van der Waals surface area (Å²) in [5.41, 5.74) is 3.81. The zero-order valence-corrected chi connectivity index (χ0v) is 13.0. The lowest BCUT2D eigenvalue weighted by molar-refractivity contribution is -0.127. The molecule has 2 aromatic carbocycles. The van der Waals surface area contributed by atoms with Crippen LogP contribution < -0.4 is 5.32 Å². The summed E-state index contributed by atoms with van der Waals surface area (Å²) in [6.45, 7) is 3.96. The number of amides is 3. The van der Waals surface area contributed by atoms with Gasteiger partial charge in [0, 0.05) is 0 Å². The first kappa shape index (κ1) is 15.0. The van der Waals surface area contributed by atoms with Crippen molar-refractivity contribution in [3.8, 4) is 0 Å². The van der Waals surface area contributed by atoms with Crippen LogP contribution in [0.4, 0.5) is 4.79 Å². The molecule has 0 saturated carbocycles. The Kier molecular flexibility index (Phi) is 3.93. The highest BCUT2D eigenvalue weighted by molar-refractivity contribution is 6.05. The first-order valence-corrected chi connectivity index (χ1v) is 7.36. The number of carbonyl (C=O) groups is 2. The predicted octanol–water partition coefficient (Wildman–Crippen LogP) is 2.93. The average molecular weight is 307 g/mol. The van der Waals surface area contributed by atoms with E-state index in [1.54, 1.807) is 0 Å². The van der Waals surface area contributed by atoms with Crippen molar-refractivity contribution in [2.24, 2.45) is 5.10 Å². The van der Waals surface area contributed by atoms with Crippen LogP contribution >= 0.6 is 0 Å². The summed E-state index contributed by atoms with van der Waals surface area (Å²) in [7, 11) is 0. The molecule has 2 aromatic rings. The number of aryl methyl sites for hydroxylation is 2. The highest BCUT2D eigenvalue weighted by Gasteiger charge is 2.39. The van der Waals surface area contributed by atoms with Crippen molar-refractivity contribution >= 4 is 18.2 Å². The fourth-order valence-electron chi connectivity index (χ4n) is 2.34. The van der Waals surface area contributed by atoms with E-state index in [9.17, 15) is 9.59 Å². The van der Waals surface area contributed by atoms with E-state index in [-0.39, 0.29) is 5.91 Å². The molecule has 0 aromatic heterocycles. The third-order valence-corrected chi connectivity index (χ3v) is 3.73. The molecule has 1 N–H and O–H groups in total. The van der Waals surface area contributed by atoms with Crippen molar-refractivity contribution in [2.75, 3.05) is 0 Å². The molecule has 0 bridgehead atoms. The van der Waals surface area contributed by atoms with Gasteiger partial charge in [-0.1, -0.05) is 59.7 Å². The molecule has 0 radical (unpaired) electrons. The van der Waals surface area contributed by atoms with E-state index in [2.05, 4.69) is 10.4 Å². The van der Waals surface area contributed by atoms with Gasteiger partial charge in [-0.15, -0.1) is 5.01 Å². The lowest BCUT2D eigenvalue weighted by atomic mass is 10.1. The molecule has 116 valence electrons. The number of carbonyl (C=O) groups excluding carboxylic acids is 2. The smallest absolute Gasteiger partial charge is 0.320 e. The van der Waals surface area contributed by atoms with Crippen molar-refractivity contribution in [1.29, 1.82) is 0 Å². The number of rotatable bonds is 3. The zero-order valence-electron chi connectivity index (χ0n) is 13.0. The van der Waals surface area contributed by atoms with E-state index < -0.39 is 12.1 Å². The van der Waals surface area contributed by atoms with Gasteiger partial charge in [0.15, 0.2) is 0 Å². The summed E-state index contributed by atoms with van der Waals surface area (Å²) in [6.07, 6.45) is 1.51. The summed E-state index contributed by atoms with van der Waals surface area (Å²) in [4.78, 5) is 24.4. The molecule has 3 rings (SSSR count). The molecule has 0 aliphatic carbocycles. The Bertz CT molecular complexity index is 764. The van der Waals surface area contributed by atoms with Crippen LogP contribution in [0.25, 0.3) is 0 Å². The van der Waals surface area contributed by atoms with Crippen LogP contribution in [0.15, 0.2) is 53.6 Å². The van der Waals surface area contributed by atoms with Crippen molar-refractivity contribution in [2.45, 2.75) is 19.9 Å². The summed E-state index contributed by atoms with van der Waals surface area (Å²) in [6, 6.07) is 14.0. The molecule has 1 saturated heterocycles. The van der Waals surface area contributed by atoms with Gasteiger partial charge in [0.1, 0.15) is 6.04 Å². The second kappa shape index (κ2) is 6.04. The van der Waals surface area contributed by atoms with Crippen molar-refractivity contribution in [3.05, 3.63) is 70.8 Å². The molecular weight excluding hydrogens is 290 g/mol. The second-order valence-corrected chi connectivity index (χ2v) is 5.60. The number of hydrogen-bond donors (Lipinski definition) is 1. The predicted molar refractivity (Wildman–Crippen MR) is 88.1 cm³/mol. The maximum absolute atomic E-state index is 12.4. The number of hydrazone groups is 1. The van der Waals surface area contributed by atoms with Gasteiger partial charge in [0.2, 0.25) is 0 Å². The molecular formula is C18H17N3O2. The van der Waals surface area contributed by atoms with Crippen LogP contribution in [0.1, 0.15) is 28.3 Å². The number of imide groups is 1.